The first kappa shape index (κ1) is 15.5. The largest absolute Gasteiger partial charge is 0.466 e. The fraction of sp³-hybridized carbons (Fsp3) is 0.500. The Labute approximate surface area is 110 Å². The van der Waals surface area contributed by atoms with Crippen LogP contribution in [0.2, 0.25) is 0 Å². The zero-order chi connectivity index (χ0) is 14.6. The second-order valence-electron chi connectivity index (χ2n) is 4.60. The Balaban J connectivity index is 3.14. The third-order valence-electron chi connectivity index (χ3n) is 2.78. The Morgan fingerprint density at radius 3 is 2.42 bits per heavy atom. The number of benzene rings is 1. The van der Waals surface area contributed by atoms with Crippen LogP contribution < -0.4 is 0 Å². The highest BCUT2D eigenvalue weighted by Gasteiger charge is 2.32. The molecule has 0 amide bonds. The molecule has 0 aliphatic rings. The molecule has 0 saturated heterocycles. The number of ether oxygens (including phenoxy) is 1. The highest BCUT2D eigenvalue weighted by Crippen LogP contribution is 2.33. The highest BCUT2D eigenvalue weighted by atomic mass is 19.4. The molecule has 106 valence electrons. The van der Waals surface area contributed by atoms with Crippen molar-refractivity contribution >= 4 is 5.97 Å². The maximum atomic E-state index is 12.7. The van der Waals surface area contributed by atoms with Crippen molar-refractivity contribution in [3.63, 3.8) is 0 Å². The van der Waals surface area contributed by atoms with Crippen molar-refractivity contribution in [3.8, 4) is 0 Å². The molecule has 0 spiro atoms. The third-order valence-corrected chi connectivity index (χ3v) is 2.78. The van der Waals surface area contributed by atoms with Crippen molar-refractivity contribution in [1.82, 2.24) is 0 Å². The Hall–Kier alpha value is -1.52. The van der Waals surface area contributed by atoms with Crippen molar-refractivity contribution in [1.29, 1.82) is 0 Å². The first-order valence-corrected chi connectivity index (χ1v) is 6.11. The first-order valence-electron chi connectivity index (χ1n) is 6.11. The summed E-state index contributed by atoms with van der Waals surface area (Å²) in [5.74, 6) is -1.30. The maximum Gasteiger partial charge on any atom is 0.416 e. The molecule has 1 rings (SSSR count). The van der Waals surface area contributed by atoms with Crippen LogP contribution in [0.25, 0.3) is 0 Å². The molecular weight excluding hydrogens is 257 g/mol. The van der Waals surface area contributed by atoms with Gasteiger partial charge in [0.1, 0.15) is 0 Å². The zero-order valence-electron chi connectivity index (χ0n) is 11.1. The Kier molecular flexibility index (Phi) is 4.97. The predicted molar refractivity (Wildman–Crippen MR) is 65.7 cm³/mol. The summed E-state index contributed by atoms with van der Waals surface area (Å²) >= 11 is 0. The van der Waals surface area contributed by atoms with E-state index in [2.05, 4.69) is 0 Å². The first-order chi connectivity index (χ1) is 8.77. The van der Waals surface area contributed by atoms with Gasteiger partial charge in [-0.3, -0.25) is 4.79 Å². The van der Waals surface area contributed by atoms with Crippen LogP contribution in [0.3, 0.4) is 0 Å². The number of carbonyl (C=O) groups is 1. The van der Waals surface area contributed by atoms with Gasteiger partial charge in [-0.2, -0.15) is 13.2 Å². The number of hydrogen-bond acceptors (Lipinski definition) is 2. The fourth-order valence-corrected chi connectivity index (χ4v) is 1.93. The molecule has 1 unspecified atom stereocenters. The van der Waals surface area contributed by atoms with Crippen molar-refractivity contribution in [2.75, 3.05) is 6.61 Å². The van der Waals surface area contributed by atoms with E-state index in [0.717, 1.165) is 12.1 Å². The molecule has 0 N–H and O–H groups in total. The van der Waals surface area contributed by atoms with Gasteiger partial charge < -0.3 is 4.74 Å². The Bertz CT molecular complexity index is 439. The van der Waals surface area contributed by atoms with E-state index in [1.807, 2.05) is 0 Å². The minimum Gasteiger partial charge on any atom is -0.466 e. The fourth-order valence-electron chi connectivity index (χ4n) is 1.93. The summed E-state index contributed by atoms with van der Waals surface area (Å²) in [5.41, 5.74) is -0.414. The van der Waals surface area contributed by atoms with Crippen LogP contribution in [-0.4, -0.2) is 12.6 Å². The maximum absolute atomic E-state index is 12.7. The summed E-state index contributed by atoms with van der Waals surface area (Å²) in [6.07, 6.45) is -4.41. The van der Waals surface area contributed by atoms with E-state index in [0.29, 0.717) is 5.56 Å². The molecule has 0 heterocycles. The summed E-state index contributed by atoms with van der Waals surface area (Å²) in [7, 11) is 0. The topological polar surface area (TPSA) is 26.3 Å². The minimum atomic E-state index is -4.41. The van der Waals surface area contributed by atoms with Gasteiger partial charge in [0.05, 0.1) is 18.1 Å². The van der Waals surface area contributed by atoms with Gasteiger partial charge in [0, 0.05) is 0 Å². The molecule has 0 fully saturated rings. The number of alkyl halides is 3. The van der Waals surface area contributed by atoms with Crippen LogP contribution in [0.1, 0.15) is 37.8 Å². The van der Waals surface area contributed by atoms with Crippen molar-refractivity contribution < 1.29 is 22.7 Å². The van der Waals surface area contributed by atoms with E-state index in [1.54, 1.807) is 20.8 Å². The number of carbonyl (C=O) groups excluding carboxylic acids is 1. The molecule has 0 aliphatic carbocycles. The normalized spacial score (nSPS) is 13.4. The van der Waals surface area contributed by atoms with E-state index in [9.17, 15) is 18.0 Å². The summed E-state index contributed by atoms with van der Waals surface area (Å²) < 4.78 is 42.9. The molecule has 0 aliphatic heterocycles. The molecular formula is C14H17F3O2. The quantitative estimate of drug-likeness (QED) is 0.775. The van der Waals surface area contributed by atoms with E-state index in [4.69, 9.17) is 4.74 Å². The van der Waals surface area contributed by atoms with Crippen LogP contribution >= 0.6 is 0 Å². The predicted octanol–water partition coefficient (Wildman–Crippen LogP) is 4.01. The molecule has 5 heteroatoms. The summed E-state index contributed by atoms with van der Waals surface area (Å²) in [5, 5.41) is 0. The van der Waals surface area contributed by atoms with Gasteiger partial charge in [-0.05, 0) is 24.5 Å². The summed E-state index contributed by atoms with van der Waals surface area (Å²) in [6, 6.07) is 4.84. The monoisotopic (exact) mass is 274 g/mol. The minimum absolute atomic E-state index is 0.137. The lowest BCUT2D eigenvalue weighted by atomic mass is 9.87. The van der Waals surface area contributed by atoms with Crippen LogP contribution in [-0.2, 0) is 15.7 Å². The van der Waals surface area contributed by atoms with Gasteiger partial charge in [-0.15, -0.1) is 0 Å². The second kappa shape index (κ2) is 6.08. The van der Waals surface area contributed by atoms with Gasteiger partial charge in [0.15, 0.2) is 0 Å². The summed E-state index contributed by atoms with van der Waals surface area (Å²) in [6.45, 7) is 5.44. The number of esters is 1. The Morgan fingerprint density at radius 1 is 1.32 bits per heavy atom. The molecule has 1 atom stereocenters. The average molecular weight is 274 g/mol. The van der Waals surface area contributed by atoms with Gasteiger partial charge in [0.2, 0.25) is 0 Å². The zero-order valence-corrected chi connectivity index (χ0v) is 11.1. The van der Waals surface area contributed by atoms with Crippen LogP contribution in [0.4, 0.5) is 13.2 Å². The van der Waals surface area contributed by atoms with Gasteiger partial charge >= 0.3 is 12.1 Å². The van der Waals surface area contributed by atoms with Crippen LogP contribution in [0, 0.1) is 5.92 Å². The van der Waals surface area contributed by atoms with Crippen LogP contribution in [0.15, 0.2) is 24.3 Å². The lowest BCUT2D eigenvalue weighted by Crippen LogP contribution is -2.21. The number of hydrogen-bond donors (Lipinski definition) is 0. The van der Waals surface area contributed by atoms with E-state index < -0.39 is 23.6 Å². The molecule has 0 aromatic heterocycles. The summed E-state index contributed by atoms with van der Waals surface area (Å²) in [4.78, 5) is 11.8. The molecule has 19 heavy (non-hydrogen) atoms. The third kappa shape index (κ3) is 3.98. The smallest absolute Gasteiger partial charge is 0.416 e. The molecule has 0 bridgehead atoms. The van der Waals surface area contributed by atoms with Crippen molar-refractivity contribution in [2.24, 2.45) is 5.92 Å². The van der Waals surface area contributed by atoms with E-state index in [-0.39, 0.29) is 12.5 Å². The van der Waals surface area contributed by atoms with Crippen LogP contribution in [0.5, 0.6) is 0 Å². The van der Waals surface area contributed by atoms with Gasteiger partial charge in [-0.1, -0.05) is 32.0 Å². The molecule has 0 radical (unpaired) electrons. The number of rotatable bonds is 4. The Morgan fingerprint density at radius 2 is 1.95 bits per heavy atom. The van der Waals surface area contributed by atoms with Gasteiger partial charge in [0.25, 0.3) is 0 Å². The average Bonchev–Trinajstić information content (AvgIpc) is 2.28. The standard InChI is InChI=1S/C14H17F3O2/c1-4-19-13(18)12(9(2)3)10-6-5-7-11(8-10)14(15,16)17/h5-9,12H,4H2,1-3H3. The SMILES string of the molecule is CCOC(=O)C(c1cccc(C(F)(F)F)c1)C(C)C. The van der Waals surface area contributed by atoms with E-state index >= 15 is 0 Å². The lowest BCUT2D eigenvalue weighted by Gasteiger charge is -2.20. The second-order valence-corrected chi connectivity index (χ2v) is 4.60. The van der Waals surface area contributed by atoms with Crippen molar-refractivity contribution in [2.45, 2.75) is 32.9 Å². The highest BCUT2D eigenvalue weighted by molar-refractivity contribution is 5.78. The molecule has 2 nitrogen and oxygen atoms in total. The number of halogens is 3. The van der Waals surface area contributed by atoms with E-state index in [1.165, 1.54) is 12.1 Å². The molecule has 1 aromatic rings. The van der Waals surface area contributed by atoms with Crippen molar-refractivity contribution in [3.05, 3.63) is 35.4 Å². The lowest BCUT2D eigenvalue weighted by molar-refractivity contribution is -0.146. The molecule has 1 aromatic carbocycles. The molecule has 0 saturated carbocycles. The van der Waals surface area contributed by atoms with Gasteiger partial charge in [-0.25, -0.2) is 0 Å².